The van der Waals surface area contributed by atoms with E-state index in [4.69, 9.17) is 18.9 Å². The molecule has 45 heavy (non-hydrogen) atoms. The topological polar surface area (TPSA) is 140 Å². The van der Waals surface area contributed by atoms with E-state index >= 15 is 0 Å². The molecule has 4 rings (SSSR count). The van der Waals surface area contributed by atoms with Crippen molar-refractivity contribution >= 4 is 79.3 Å². The molecule has 0 aromatic heterocycles. The molecule has 0 aliphatic carbocycles. The third-order valence-electron chi connectivity index (χ3n) is 6.43. The van der Waals surface area contributed by atoms with Gasteiger partial charge in [-0.1, -0.05) is 34.1 Å². The number of carbonyl (C=O) groups is 2. The number of hydrogen-bond donors (Lipinski definition) is 4. The molecule has 4 N–H and O–H groups in total. The number of rotatable bonds is 13. The van der Waals surface area contributed by atoms with E-state index in [1.165, 1.54) is 7.11 Å². The third-order valence-corrected chi connectivity index (χ3v) is 8.39. The molecule has 1 heterocycles. The minimum Gasteiger partial charge on any atom is -0.490 e. The summed E-state index contributed by atoms with van der Waals surface area (Å²) in [7, 11) is 1.28. The van der Waals surface area contributed by atoms with Gasteiger partial charge in [0.2, 0.25) is 0 Å². The van der Waals surface area contributed by atoms with Crippen molar-refractivity contribution in [2.75, 3.05) is 20.3 Å². The number of nitrogens with one attached hydrogen (secondary N) is 3. The Morgan fingerprint density at radius 3 is 2.58 bits per heavy atom. The molecule has 0 bridgehead atoms. The predicted molar refractivity (Wildman–Crippen MR) is 189 cm³/mol. The van der Waals surface area contributed by atoms with Gasteiger partial charge >= 0.3 is 12.0 Å². The van der Waals surface area contributed by atoms with E-state index < -0.39 is 24.3 Å². The number of ether oxygens (including phenoxy) is 4. The van der Waals surface area contributed by atoms with Gasteiger partial charge in [0, 0.05) is 19.3 Å². The summed E-state index contributed by atoms with van der Waals surface area (Å²) in [5.74, 6) is 0.853. The number of allylic oxidation sites excluding steroid dienone is 1. The summed E-state index contributed by atoms with van der Waals surface area (Å²) in [5.41, 5.74) is 5.71. The number of hydrazone groups is 1. The van der Waals surface area contributed by atoms with Crippen molar-refractivity contribution in [2.45, 2.75) is 32.7 Å². The van der Waals surface area contributed by atoms with Crippen molar-refractivity contribution in [3.05, 3.63) is 94.2 Å². The van der Waals surface area contributed by atoms with Crippen molar-refractivity contribution < 1.29 is 33.6 Å². The van der Waals surface area contributed by atoms with Gasteiger partial charge in [-0.15, -0.1) is 0 Å². The van der Waals surface area contributed by atoms with Crippen molar-refractivity contribution in [1.29, 1.82) is 0 Å². The van der Waals surface area contributed by atoms with Crippen LogP contribution >= 0.6 is 61.1 Å². The standard InChI is InChI=1S/C31H31BrI2N4O7/c1-4-43-25-12-19(28-27(30(40)42-3)17(2)36-31(41)37-28)7-10-24(25)44-16-26(39)38-35-14-20-11-22(33)13-23(34)29(20)45-15-18-5-8-21(32)9-6-18/h5-14,26,28,38-39H,4,15-16H2,1-3H3,(H2,36,37,41)/b35-14+/t26-,28-/m0/s1. The van der Waals surface area contributed by atoms with E-state index in [-0.39, 0.29) is 12.2 Å². The van der Waals surface area contributed by atoms with E-state index in [0.717, 1.165) is 22.7 Å². The van der Waals surface area contributed by atoms with Crippen LogP contribution in [0.2, 0.25) is 0 Å². The molecule has 0 fully saturated rings. The first-order chi connectivity index (χ1) is 21.6. The van der Waals surface area contributed by atoms with Gasteiger partial charge in [-0.25, -0.2) is 9.59 Å². The highest BCUT2D eigenvalue weighted by Crippen LogP contribution is 2.35. The molecule has 0 radical (unpaired) electrons. The Bertz CT molecular complexity index is 1600. The zero-order valence-corrected chi connectivity index (χ0v) is 30.4. The highest BCUT2D eigenvalue weighted by molar-refractivity contribution is 14.1. The molecule has 1 aliphatic heterocycles. The number of aliphatic hydroxyl groups excluding tert-OH is 1. The Morgan fingerprint density at radius 1 is 1.11 bits per heavy atom. The Kier molecular flexibility index (Phi) is 12.7. The van der Waals surface area contributed by atoms with Gasteiger partial charge in [-0.3, -0.25) is 5.43 Å². The number of halogens is 3. The zero-order chi connectivity index (χ0) is 32.5. The number of urea groups is 1. The van der Waals surface area contributed by atoms with E-state index in [1.54, 1.807) is 31.3 Å². The van der Waals surface area contributed by atoms with E-state index in [0.29, 0.717) is 41.7 Å². The lowest BCUT2D eigenvalue weighted by atomic mass is 9.95. The van der Waals surface area contributed by atoms with Gasteiger partial charge in [0.25, 0.3) is 0 Å². The number of methoxy groups -OCH3 is 1. The maximum atomic E-state index is 12.5. The second-order valence-electron chi connectivity index (χ2n) is 9.64. The maximum Gasteiger partial charge on any atom is 0.337 e. The second-order valence-corrected chi connectivity index (χ2v) is 13.0. The lowest BCUT2D eigenvalue weighted by Gasteiger charge is -2.28. The Balaban J connectivity index is 1.42. The van der Waals surface area contributed by atoms with Gasteiger partial charge in [-0.2, -0.15) is 5.10 Å². The Labute approximate surface area is 296 Å². The molecule has 2 amide bonds. The predicted octanol–water partition coefficient (Wildman–Crippen LogP) is 5.76. The zero-order valence-electron chi connectivity index (χ0n) is 24.5. The average Bonchev–Trinajstić information content (AvgIpc) is 3.00. The number of hydrogen-bond acceptors (Lipinski definition) is 9. The molecule has 11 nitrogen and oxygen atoms in total. The Hall–Kier alpha value is -3.09. The molecular formula is C31H31BrI2N4O7. The fraction of sp³-hybridized carbons (Fsp3) is 0.258. The van der Waals surface area contributed by atoms with Crippen LogP contribution in [0.5, 0.6) is 17.2 Å². The molecule has 3 aromatic carbocycles. The van der Waals surface area contributed by atoms with Crippen LogP contribution in [0.25, 0.3) is 0 Å². The molecule has 0 spiro atoms. The van der Waals surface area contributed by atoms with Crippen LogP contribution in [-0.2, 0) is 16.1 Å². The molecule has 238 valence electrons. The summed E-state index contributed by atoms with van der Waals surface area (Å²) in [6.07, 6.45) is 0.441. The number of aliphatic hydroxyl groups is 1. The average molecular weight is 905 g/mol. The molecule has 2 atom stereocenters. The smallest absolute Gasteiger partial charge is 0.337 e. The molecular weight excluding hydrogens is 874 g/mol. The van der Waals surface area contributed by atoms with Gasteiger partial charge in [0.05, 0.1) is 35.1 Å². The van der Waals surface area contributed by atoms with Gasteiger partial charge < -0.3 is 34.7 Å². The Morgan fingerprint density at radius 2 is 1.87 bits per heavy atom. The lowest BCUT2D eigenvalue weighted by Crippen LogP contribution is -2.45. The van der Waals surface area contributed by atoms with E-state index in [2.05, 4.69) is 82.3 Å². The summed E-state index contributed by atoms with van der Waals surface area (Å²) in [6, 6.07) is 15.7. The van der Waals surface area contributed by atoms with Gasteiger partial charge in [0.15, 0.2) is 17.7 Å². The van der Waals surface area contributed by atoms with Crippen molar-refractivity contribution in [3.8, 4) is 17.2 Å². The van der Waals surface area contributed by atoms with Crippen molar-refractivity contribution in [3.63, 3.8) is 0 Å². The van der Waals surface area contributed by atoms with E-state index in [9.17, 15) is 14.7 Å². The molecule has 3 aromatic rings. The highest BCUT2D eigenvalue weighted by Gasteiger charge is 2.32. The highest BCUT2D eigenvalue weighted by atomic mass is 127. The number of nitrogens with zero attached hydrogens (tertiary/aromatic N) is 1. The summed E-state index contributed by atoms with van der Waals surface area (Å²) >= 11 is 7.91. The SMILES string of the molecule is CCOc1cc([C@@H]2NC(=O)NC(C)=C2C(=O)OC)ccc1OC[C@H](O)N/N=C/c1cc(I)cc(I)c1OCc1ccc(Br)cc1. The van der Waals surface area contributed by atoms with Gasteiger partial charge in [-0.05, 0) is 107 Å². The number of esters is 1. The van der Waals surface area contributed by atoms with Gasteiger partial charge in [0.1, 0.15) is 19.0 Å². The first-order valence-electron chi connectivity index (χ1n) is 13.7. The normalized spacial score (nSPS) is 15.3. The largest absolute Gasteiger partial charge is 0.490 e. The third kappa shape index (κ3) is 9.46. The number of amides is 2. The van der Waals surface area contributed by atoms with E-state index in [1.807, 2.05) is 43.3 Å². The first-order valence-corrected chi connectivity index (χ1v) is 16.6. The quantitative estimate of drug-likeness (QED) is 0.0559. The van der Waals surface area contributed by atoms with Crippen LogP contribution in [0.4, 0.5) is 4.79 Å². The first kappa shape index (κ1) is 34.8. The van der Waals surface area contributed by atoms with Crippen molar-refractivity contribution in [1.82, 2.24) is 16.1 Å². The molecule has 0 unspecified atom stereocenters. The minimum atomic E-state index is -1.15. The van der Waals surface area contributed by atoms with Crippen LogP contribution in [0.3, 0.4) is 0 Å². The summed E-state index contributed by atoms with van der Waals surface area (Å²) in [4.78, 5) is 24.6. The van der Waals surface area contributed by atoms with Crippen LogP contribution in [-0.4, -0.2) is 49.9 Å². The second kappa shape index (κ2) is 16.5. The molecule has 0 saturated heterocycles. The van der Waals surface area contributed by atoms with Crippen LogP contribution in [0, 0.1) is 7.14 Å². The van der Waals surface area contributed by atoms with Crippen LogP contribution in [0.1, 0.15) is 36.6 Å². The molecule has 14 heteroatoms. The monoisotopic (exact) mass is 904 g/mol. The van der Waals surface area contributed by atoms with Crippen molar-refractivity contribution in [2.24, 2.45) is 5.10 Å². The van der Waals surface area contributed by atoms with Crippen LogP contribution < -0.4 is 30.3 Å². The lowest BCUT2D eigenvalue weighted by molar-refractivity contribution is -0.136. The molecule has 1 aliphatic rings. The number of benzene rings is 3. The molecule has 0 saturated carbocycles. The fourth-order valence-electron chi connectivity index (χ4n) is 4.38. The summed E-state index contributed by atoms with van der Waals surface area (Å²) < 4.78 is 25.6. The number of carbonyl (C=O) groups excluding carboxylic acids is 2. The summed E-state index contributed by atoms with van der Waals surface area (Å²) in [5, 5.41) is 20.1. The van der Waals surface area contributed by atoms with Crippen LogP contribution in [0.15, 0.2) is 75.4 Å². The summed E-state index contributed by atoms with van der Waals surface area (Å²) in [6.45, 7) is 4.03. The fourth-order valence-corrected chi connectivity index (χ4v) is 6.69. The maximum absolute atomic E-state index is 12.5. The minimum absolute atomic E-state index is 0.149.